The van der Waals surface area contributed by atoms with Crippen LogP contribution in [-0.2, 0) is 5.54 Å². The molecule has 1 heterocycles. The van der Waals surface area contributed by atoms with E-state index in [0.717, 1.165) is 25.3 Å². The number of benzene rings is 3. The first-order valence-corrected chi connectivity index (χ1v) is 12.5. The minimum absolute atomic E-state index is 0.167. The van der Waals surface area contributed by atoms with Gasteiger partial charge in [0.1, 0.15) is 0 Å². The van der Waals surface area contributed by atoms with Gasteiger partial charge in [0, 0.05) is 30.8 Å². The maximum absolute atomic E-state index is 13.8. The summed E-state index contributed by atoms with van der Waals surface area (Å²) in [6, 6.07) is 29.4. The quantitative estimate of drug-likeness (QED) is 0.288. The Bertz CT molecular complexity index is 1170. The lowest BCUT2D eigenvalue weighted by Gasteiger charge is -2.27. The van der Waals surface area contributed by atoms with Gasteiger partial charge in [-0.15, -0.1) is 0 Å². The van der Waals surface area contributed by atoms with E-state index in [-0.39, 0.29) is 5.91 Å². The van der Waals surface area contributed by atoms with Crippen molar-refractivity contribution >= 4 is 41.0 Å². The average molecular weight is 491 g/mol. The van der Waals surface area contributed by atoms with Crippen molar-refractivity contribution in [1.82, 2.24) is 10.3 Å². The number of pyridine rings is 1. The molecule has 0 fully saturated rings. The van der Waals surface area contributed by atoms with Crippen molar-refractivity contribution in [3.63, 3.8) is 0 Å². The predicted molar refractivity (Wildman–Crippen MR) is 137 cm³/mol. The summed E-state index contributed by atoms with van der Waals surface area (Å²) < 4.78 is 0. The van der Waals surface area contributed by atoms with Gasteiger partial charge in [-0.25, -0.2) is 0 Å². The molecule has 1 N–H and O–H groups in total. The molecule has 6 heteroatoms. The van der Waals surface area contributed by atoms with Gasteiger partial charge < -0.3 is 5.32 Å². The summed E-state index contributed by atoms with van der Waals surface area (Å²) in [7, 11) is 0. The van der Waals surface area contributed by atoms with Crippen LogP contribution in [0.5, 0.6) is 0 Å². The van der Waals surface area contributed by atoms with E-state index in [1.54, 1.807) is 6.20 Å². The molecule has 33 heavy (non-hydrogen) atoms. The minimum Gasteiger partial charge on any atom is -0.341 e. The lowest BCUT2D eigenvalue weighted by molar-refractivity contribution is 0.0904. The monoisotopic (exact) mass is 490 g/mol. The zero-order valence-electron chi connectivity index (χ0n) is 18.3. The number of amides is 1. The van der Waals surface area contributed by atoms with Gasteiger partial charge in [-0.2, -0.15) is 0 Å². The number of aromatic nitrogens is 1. The summed E-state index contributed by atoms with van der Waals surface area (Å²) in [5, 5.41) is 3.78. The van der Waals surface area contributed by atoms with E-state index < -0.39 is 5.54 Å². The minimum atomic E-state index is -0.651. The van der Waals surface area contributed by atoms with Gasteiger partial charge in [-0.3, -0.25) is 9.78 Å². The highest BCUT2D eigenvalue weighted by Crippen LogP contribution is 2.40. The third-order valence-corrected chi connectivity index (χ3v) is 7.25. The summed E-state index contributed by atoms with van der Waals surface area (Å²) in [5.41, 5.74) is 0.745. The van der Waals surface area contributed by atoms with E-state index >= 15 is 0 Å². The molecular weight excluding hydrogens is 468 g/mol. The zero-order valence-corrected chi connectivity index (χ0v) is 20.7. The van der Waals surface area contributed by atoms with Gasteiger partial charge in [-0.05, 0) is 62.4 Å². The Morgan fingerprint density at radius 3 is 1.82 bits per heavy atom. The largest absolute Gasteiger partial charge is 0.341 e. The van der Waals surface area contributed by atoms with Gasteiger partial charge in [0.2, 0.25) is 0 Å². The second-order valence-corrected chi connectivity index (χ2v) is 10.6. The normalized spacial score (nSPS) is 11.2. The molecule has 0 aliphatic heterocycles. The molecule has 0 saturated carbocycles. The van der Waals surface area contributed by atoms with Crippen LogP contribution in [-0.4, -0.2) is 10.9 Å². The Balaban J connectivity index is 1.76. The topological polar surface area (TPSA) is 42.0 Å². The summed E-state index contributed by atoms with van der Waals surface area (Å²) in [6.45, 7) is 3.91. The van der Waals surface area contributed by atoms with Crippen LogP contribution in [0.25, 0.3) is 0 Å². The Hall–Kier alpha value is -2.73. The standard InChI is InChI=1S/C27H23ClN2OS2/c1-27(2,24-15-9-10-16-29-24)30-26(31)25-22(32-20-11-5-3-6-12-20)17-19(28)18-23(25)33-21-13-7-4-8-14-21/h3-18H,1-2H3,(H,30,31). The van der Waals surface area contributed by atoms with Crippen LogP contribution in [0.4, 0.5) is 0 Å². The van der Waals surface area contributed by atoms with Crippen LogP contribution in [0.2, 0.25) is 5.02 Å². The number of nitrogens with zero attached hydrogens (tertiary/aromatic N) is 1. The molecule has 0 radical (unpaired) electrons. The summed E-state index contributed by atoms with van der Waals surface area (Å²) >= 11 is 9.58. The Morgan fingerprint density at radius 1 is 0.818 bits per heavy atom. The van der Waals surface area contributed by atoms with Crippen molar-refractivity contribution in [2.24, 2.45) is 0 Å². The van der Waals surface area contributed by atoms with Gasteiger partial charge in [0.25, 0.3) is 5.91 Å². The highest BCUT2D eigenvalue weighted by molar-refractivity contribution is 8.00. The molecule has 0 spiro atoms. The van der Waals surface area contributed by atoms with Crippen molar-refractivity contribution < 1.29 is 4.79 Å². The maximum atomic E-state index is 13.8. The molecule has 0 unspecified atom stereocenters. The van der Waals surface area contributed by atoms with Crippen LogP contribution in [0, 0.1) is 0 Å². The second kappa shape index (κ2) is 10.5. The number of carbonyl (C=O) groups excluding carboxylic acids is 1. The van der Waals surface area contributed by atoms with Crippen LogP contribution in [0.15, 0.2) is 117 Å². The summed E-state index contributed by atoms with van der Waals surface area (Å²) in [5.74, 6) is -0.167. The van der Waals surface area contributed by atoms with E-state index in [2.05, 4.69) is 10.3 Å². The van der Waals surface area contributed by atoms with Gasteiger partial charge >= 0.3 is 0 Å². The third kappa shape index (κ3) is 5.99. The van der Waals surface area contributed by atoms with Crippen molar-refractivity contribution in [2.45, 2.75) is 39.0 Å². The van der Waals surface area contributed by atoms with E-state index in [0.29, 0.717) is 10.6 Å². The molecule has 1 aromatic heterocycles. The molecule has 0 saturated heterocycles. The highest BCUT2D eigenvalue weighted by Gasteiger charge is 2.28. The number of carbonyl (C=O) groups is 1. The fraction of sp³-hybridized carbons (Fsp3) is 0.111. The predicted octanol–water partition coefficient (Wildman–Crippen LogP) is 7.70. The molecule has 0 aliphatic rings. The summed E-state index contributed by atoms with van der Waals surface area (Å²) in [6.07, 6.45) is 1.74. The maximum Gasteiger partial charge on any atom is 0.254 e. The van der Waals surface area contributed by atoms with Crippen molar-refractivity contribution in [3.8, 4) is 0 Å². The average Bonchev–Trinajstić information content (AvgIpc) is 2.80. The molecule has 1 amide bonds. The lowest BCUT2D eigenvalue weighted by Crippen LogP contribution is -2.42. The molecule has 166 valence electrons. The Kier molecular flexibility index (Phi) is 7.43. The van der Waals surface area contributed by atoms with E-state index in [9.17, 15) is 4.79 Å². The molecular formula is C27H23ClN2OS2. The van der Waals surface area contributed by atoms with E-state index in [1.807, 2.05) is 105 Å². The Labute approximate surface area is 208 Å². The van der Waals surface area contributed by atoms with E-state index in [4.69, 9.17) is 11.6 Å². The second-order valence-electron chi connectivity index (χ2n) is 7.90. The van der Waals surface area contributed by atoms with Crippen LogP contribution < -0.4 is 5.32 Å². The first-order valence-electron chi connectivity index (χ1n) is 10.5. The molecule has 4 rings (SSSR count). The van der Waals surface area contributed by atoms with Crippen LogP contribution in [0.3, 0.4) is 0 Å². The number of halogens is 1. The molecule has 3 aromatic carbocycles. The van der Waals surface area contributed by atoms with E-state index in [1.165, 1.54) is 23.5 Å². The molecule has 3 nitrogen and oxygen atoms in total. The molecule has 0 bridgehead atoms. The van der Waals surface area contributed by atoms with Gasteiger partial charge in [-0.1, -0.05) is 77.6 Å². The van der Waals surface area contributed by atoms with Crippen LogP contribution >= 0.6 is 35.1 Å². The third-order valence-electron chi connectivity index (χ3n) is 4.93. The van der Waals surface area contributed by atoms with Crippen molar-refractivity contribution in [3.05, 3.63) is 113 Å². The zero-order chi connectivity index (χ0) is 23.3. The Morgan fingerprint density at radius 2 is 1.33 bits per heavy atom. The number of hydrogen-bond acceptors (Lipinski definition) is 4. The fourth-order valence-corrected chi connectivity index (χ4v) is 5.80. The molecule has 4 aromatic rings. The number of nitrogens with one attached hydrogen (secondary N) is 1. The smallest absolute Gasteiger partial charge is 0.254 e. The lowest BCUT2D eigenvalue weighted by atomic mass is 9.99. The molecule has 0 atom stereocenters. The van der Waals surface area contributed by atoms with Crippen molar-refractivity contribution in [2.75, 3.05) is 0 Å². The highest BCUT2D eigenvalue weighted by atomic mass is 35.5. The first-order chi connectivity index (χ1) is 15.9. The van der Waals surface area contributed by atoms with Gasteiger partial charge in [0.05, 0.1) is 16.8 Å². The summed E-state index contributed by atoms with van der Waals surface area (Å²) in [4.78, 5) is 21.9. The number of hydrogen-bond donors (Lipinski definition) is 1. The van der Waals surface area contributed by atoms with Gasteiger partial charge in [0.15, 0.2) is 0 Å². The molecule has 0 aliphatic carbocycles. The first kappa shape index (κ1) is 23.4. The fourth-order valence-electron chi connectivity index (χ4n) is 3.32. The SMILES string of the molecule is CC(C)(NC(=O)c1c(Sc2ccccc2)cc(Cl)cc1Sc1ccccc1)c1ccccn1. The van der Waals surface area contributed by atoms with Crippen molar-refractivity contribution in [1.29, 1.82) is 0 Å². The van der Waals surface area contributed by atoms with Crippen LogP contribution in [0.1, 0.15) is 29.9 Å². The number of rotatable bonds is 7.